The molecule has 0 aliphatic rings. The molecule has 2 aromatic rings. The second kappa shape index (κ2) is 8.58. The molecular weight excluding hydrogens is 368 g/mol. The van der Waals surface area contributed by atoms with Crippen molar-refractivity contribution >= 4 is 46.8 Å². The molecule has 9 nitrogen and oxygen atoms in total. The van der Waals surface area contributed by atoms with Crippen LogP contribution in [0, 0.1) is 0 Å². The number of carbonyl (C=O) groups excluding carboxylic acids is 2. The minimum absolute atomic E-state index is 0.0849. The van der Waals surface area contributed by atoms with Crippen LogP contribution in [-0.4, -0.2) is 58.4 Å². The number of hydrogen-bond acceptors (Lipinski definition) is 7. The number of halogens is 1. The Balaban J connectivity index is 1.86. The molecule has 0 radical (unpaired) electrons. The van der Waals surface area contributed by atoms with Gasteiger partial charge in [0, 0.05) is 12.1 Å². The first-order valence-corrected chi connectivity index (χ1v) is 8.43. The van der Waals surface area contributed by atoms with Crippen LogP contribution in [0.1, 0.15) is 0 Å². The van der Waals surface area contributed by atoms with E-state index in [1.807, 2.05) is 0 Å². The molecule has 25 heavy (non-hydrogen) atoms. The van der Waals surface area contributed by atoms with Crippen LogP contribution >= 0.6 is 23.4 Å². The van der Waals surface area contributed by atoms with E-state index < -0.39 is 0 Å². The van der Waals surface area contributed by atoms with Gasteiger partial charge in [-0.05, 0) is 18.2 Å². The van der Waals surface area contributed by atoms with E-state index in [9.17, 15) is 9.59 Å². The number of H-pyrrole nitrogens is 1. The topological polar surface area (TPSA) is 126 Å². The molecule has 1 aromatic carbocycles. The first-order chi connectivity index (χ1) is 11.9. The molecule has 2 rings (SSSR count). The summed E-state index contributed by atoms with van der Waals surface area (Å²) in [6.45, 7) is -0.120. The number of thioether (sulfide) groups is 1. The number of nitrogens with zero attached hydrogens (tertiary/aromatic N) is 3. The Labute approximate surface area is 153 Å². The number of nitrogen functional groups attached to an aromatic ring is 1. The van der Waals surface area contributed by atoms with Crippen molar-refractivity contribution in [2.45, 2.75) is 5.16 Å². The number of rotatable bonds is 7. The number of likely N-dealkylation sites (N-methyl/N-ethyl adjacent to an activating group) is 1. The van der Waals surface area contributed by atoms with E-state index >= 15 is 0 Å². The van der Waals surface area contributed by atoms with Crippen molar-refractivity contribution in [3.05, 3.63) is 23.2 Å². The largest absolute Gasteiger partial charge is 0.495 e. The molecule has 134 valence electrons. The number of hydrogen-bond donors (Lipinski definition) is 3. The molecule has 0 fully saturated rings. The summed E-state index contributed by atoms with van der Waals surface area (Å²) in [6.07, 6.45) is 0. The van der Waals surface area contributed by atoms with Crippen LogP contribution in [0.25, 0.3) is 0 Å². The average Bonchev–Trinajstić information content (AvgIpc) is 2.98. The molecule has 0 atom stereocenters. The van der Waals surface area contributed by atoms with Gasteiger partial charge in [-0.1, -0.05) is 23.4 Å². The minimum atomic E-state index is -0.372. The van der Waals surface area contributed by atoms with Gasteiger partial charge < -0.3 is 20.7 Å². The predicted octanol–water partition coefficient (Wildman–Crippen LogP) is 1.24. The Hall–Kier alpha value is -2.46. The molecule has 11 heteroatoms. The van der Waals surface area contributed by atoms with Crippen LogP contribution in [0.3, 0.4) is 0 Å². The molecule has 2 amide bonds. The van der Waals surface area contributed by atoms with Crippen molar-refractivity contribution < 1.29 is 14.3 Å². The maximum atomic E-state index is 12.1. The van der Waals surface area contributed by atoms with Crippen LogP contribution in [0.2, 0.25) is 5.02 Å². The van der Waals surface area contributed by atoms with E-state index in [-0.39, 0.29) is 30.1 Å². The van der Waals surface area contributed by atoms with Crippen molar-refractivity contribution in [1.29, 1.82) is 0 Å². The van der Waals surface area contributed by atoms with Crippen molar-refractivity contribution in [1.82, 2.24) is 20.1 Å². The highest BCUT2D eigenvalue weighted by molar-refractivity contribution is 7.99. The van der Waals surface area contributed by atoms with Gasteiger partial charge in [-0.15, -0.1) is 5.10 Å². The molecule has 0 bridgehead atoms. The lowest BCUT2D eigenvalue weighted by molar-refractivity contribution is -0.131. The molecule has 0 aliphatic carbocycles. The van der Waals surface area contributed by atoms with Gasteiger partial charge in [-0.3, -0.25) is 9.59 Å². The van der Waals surface area contributed by atoms with Gasteiger partial charge in [-0.2, -0.15) is 4.98 Å². The Bertz CT molecular complexity index is 769. The van der Waals surface area contributed by atoms with Gasteiger partial charge in [0.15, 0.2) is 0 Å². The lowest BCUT2D eigenvalue weighted by Gasteiger charge is -2.17. The second-order valence-electron chi connectivity index (χ2n) is 4.93. The number of benzene rings is 1. The van der Waals surface area contributed by atoms with Crippen LogP contribution < -0.4 is 15.8 Å². The molecule has 4 N–H and O–H groups in total. The summed E-state index contributed by atoms with van der Waals surface area (Å²) in [4.78, 5) is 29.4. The van der Waals surface area contributed by atoms with E-state index in [2.05, 4.69) is 20.5 Å². The van der Waals surface area contributed by atoms with Gasteiger partial charge in [0.2, 0.25) is 22.9 Å². The molecular formula is C14H17ClN6O3S. The first kappa shape index (κ1) is 18.9. The summed E-state index contributed by atoms with van der Waals surface area (Å²) in [6, 6.07) is 4.87. The lowest BCUT2D eigenvalue weighted by Crippen LogP contribution is -2.36. The van der Waals surface area contributed by atoms with Crippen molar-refractivity contribution in [2.24, 2.45) is 0 Å². The fourth-order valence-electron chi connectivity index (χ4n) is 1.83. The highest BCUT2D eigenvalue weighted by atomic mass is 35.5. The smallest absolute Gasteiger partial charge is 0.244 e. The number of carbonyl (C=O) groups is 2. The maximum Gasteiger partial charge on any atom is 0.244 e. The summed E-state index contributed by atoms with van der Waals surface area (Å²) < 4.78 is 5.16. The third-order valence-corrected chi connectivity index (χ3v) is 4.12. The van der Waals surface area contributed by atoms with E-state index in [1.165, 1.54) is 19.1 Å². The molecule has 0 aliphatic heterocycles. The number of ether oxygens (including phenoxy) is 1. The van der Waals surface area contributed by atoms with E-state index in [0.29, 0.717) is 21.6 Å². The molecule has 1 aromatic heterocycles. The van der Waals surface area contributed by atoms with Crippen LogP contribution in [-0.2, 0) is 9.59 Å². The third kappa shape index (κ3) is 5.54. The predicted molar refractivity (Wildman–Crippen MR) is 95.8 cm³/mol. The number of nitrogens with one attached hydrogen (secondary N) is 2. The van der Waals surface area contributed by atoms with Crippen molar-refractivity contribution in [3.8, 4) is 5.75 Å². The Morgan fingerprint density at radius 2 is 2.24 bits per heavy atom. The van der Waals surface area contributed by atoms with Gasteiger partial charge in [0.1, 0.15) is 5.75 Å². The fourth-order valence-corrected chi connectivity index (χ4v) is 2.75. The van der Waals surface area contributed by atoms with Gasteiger partial charge in [-0.25, -0.2) is 5.10 Å². The maximum absolute atomic E-state index is 12.1. The third-order valence-electron chi connectivity index (χ3n) is 3.05. The summed E-state index contributed by atoms with van der Waals surface area (Å²) in [5.74, 6) is 0.120. The lowest BCUT2D eigenvalue weighted by atomic mass is 10.3. The van der Waals surface area contributed by atoms with E-state index in [1.54, 1.807) is 18.2 Å². The van der Waals surface area contributed by atoms with Crippen molar-refractivity contribution in [3.63, 3.8) is 0 Å². The summed E-state index contributed by atoms with van der Waals surface area (Å²) in [5, 5.41) is 9.80. The zero-order valence-corrected chi connectivity index (χ0v) is 15.1. The highest BCUT2D eigenvalue weighted by Gasteiger charge is 2.16. The Morgan fingerprint density at radius 3 is 2.88 bits per heavy atom. The monoisotopic (exact) mass is 384 g/mol. The first-order valence-electron chi connectivity index (χ1n) is 7.07. The Morgan fingerprint density at radius 1 is 1.48 bits per heavy atom. The van der Waals surface area contributed by atoms with Crippen LogP contribution in [0.15, 0.2) is 23.4 Å². The van der Waals surface area contributed by atoms with Crippen LogP contribution in [0.5, 0.6) is 5.75 Å². The summed E-state index contributed by atoms with van der Waals surface area (Å²) >= 11 is 7.04. The van der Waals surface area contributed by atoms with Gasteiger partial charge in [0.25, 0.3) is 0 Å². The second-order valence-corrected chi connectivity index (χ2v) is 6.31. The molecule has 0 saturated heterocycles. The van der Waals surface area contributed by atoms with E-state index in [4.69, 9.17) is 22.1 Å². The summed E-state index contributed by atoms with van der Waals surface area (Å²) in [7, 11) is 3.02. The summed E-state index contributed by atoms with van der Waals surface area (Å²) in [5.41, 5.74) is 5.84. The van der Waals surface area contributed by atoms with Gasteiger partial charge in [0.05, 0.1) is 25.1 Å². The quantitative estimate of drug-likeness (QED) is 0.613. The number of aromatic amines is 1. The SMILES string of the molecule is COc1ccc(Cl)cc1NC(=O)CN(C)C(=O)CSc1n[nH]c(N)n1. The normalized spacial score (nSPS) is 10.4. The number of anilines is 2. The van der Waals surface area contributed by atoms with E-state index in [0.717, 1.165) is 11.8 Å². The van der Waals surface area contributed by atoms with Crippen LogP contribution in [0.4, 0.5) is 11.6 Å². The number of amides is 2. The zero-order chi connectivity index (χ0) is 18.4. The minimum Gasteiger partial charge on any atom is -0.495 e. The number of methoxy groups -OCH3 is 1. The van der Waals surface area contributed by atoms with Gasteiger partial charge >= 0.3 is 0 Å². The highest BCUT2D eigenvalue weighted by Crippen LogP contribution is 2.27. The number of nitrogens with two attached hydrogens (primary N) is 1. The molecule has 0 unspecified atom stereocenters. The number of aromatic nitrogens is 3. The molecule has 0 saturated carbocycles. The molecule has 1 heterocycles. The average molecular weight is 385 g/mol. The Kier molecular flexibility index (Phi) is 6.48. The standard InChI is InChI=1S/C14H17ClN6O3S/c1-21(12(23)7-25-14-18-13(16)19-20-14)6-11(22)17-9-5-8(15)3-4-10(9)24-2/h3-5H,6-7H2,1-2H3,(H,17,22)(H3,16,18,19,20). The zero-order valence-electron chi connectivity index (χ0n) is 13.6. The van der Waals surface area contributed by atoms with Crippen molar-refractivity contribution in [2.75, 3.05) is 37.5 Å². The fraction of sp³-hybridized carbons (Fsp3) is 0.286. The molecule has 0 spiro atoms.